The van der Waals surface area contributed by atoms with Gasteiger partial charge in [-0.2, -0.15) is 5.10 Å². The molecule has 1 unspecified atom stereocenters. The van der Waals surface area contributed by atoms with Crippen LogP contribution in [-0.4, -0.2) is 39.0 Å². The van der Waals surface area contributed by atoms with E-state index < -0.39 is 11.7 Å². The summed E-state index contributed by atoms with van der Waals surface area (Å²) in [6.07, 6.45) is 6.09. The third-order valence-corrected chi connectivity index (χ3v) is 5.04. The van der Waals surface area contributed by atoms with E-state index in [-0.39, 0.29) is 29.1 Å². The number of benzene rings is 1. The molecule has 3 N–H and O–H groups in total. The first kappa shape index (κ1) is 15.8. The molecule has 1 saturated carbocycles. The van der Waals surface area contributed by atoms with Crippen LogP contribution in [0.2, 0.25) is 0 Å². The molecule has 1 heterocycles. The lowest BCUT2D eigenvalue weighted by Crippen LogP contribution is -2.45. The summed E-state index contributed by atoms with van der Waals surface area (Å²) >= 11 is 0. The van der Waals surface area contributed by atoms with E-state index in [1.54, 1.807) is 6.20 Å². The SMILES string of the molecule is NC(=O)c1ccc(C(=O)N(C2CC2)C2CCc3[nH]ncc3C2)c(F)c1. The van der Waals surface area contributed by atoms with Crippen molar-refractivity contribution in [1.29, 1.82) is 0 Å². The summed E-state index contributed by atoms with van der Waals surface area (Å²) in [5.41, 5.74) is 7.47. The fourth-order valence-electron chi connectivity index (χ4n) is 3.60. The number of aromatic nitrogens is 2. The van der Waals surface area contributed by atoms with Crippen molar-refractivity contribution in [1.82, 2.24) is 15.1 Å². The van der Waals surface area contributed by atoms with Crippen LogP contribution in [0.3, 0.4) is 0 Å². The fourth-order valence-corrected chi connectivity index (χ4v) is 3.60. The van der Waals surface area contributed by atoms with Crippen LogP contribution in [0.15, 0.2) is 24.4 Å². The van der Waals surface area contributed by atoms with Crippen LogP contribution in [-0.2, 0) is 12.8 Å². The van der Waals surface area contributed by atoms with Crippen LogP contribution in [0.25, 0.3) is 0 Å². The van der Waals surface area contributed by atoms with E-state index in [0.29, 0.717) is 0 Å². The van der Waals surface area contributed by atoms with E-state index in [1.807, 2.05) is 4.90 Å². The van der Waals surface area contributed by atoms with Gasteiger partial charge in [-0.3, -0.25) is 14.7 Å². The normalized spacial score (nSPS) is 19.3. The lowest BCUT2D eigenvalue weighted by Gasteiger charge is -2.34. The maximum Gasteiger partial charge on any atom is 0.257 e. The molecule has 130 valence electrons. The molecular formula is C18H19FN4O2. The molecule has 2 aliphatic rings. The van der Waals surface area contributed by atoms with Gasteiger partial charge in [0.15, 0.2) is 0 Å². The zero-order valence-electron chi connectivity index (χ0n) is 13.7. The van der Waals surface area contributed by atoms with Crippen LogP contribution in [0, 0.1) is 5.82 Å². The highest BCUT2D eigenvalue weighted by Gasteiger charge is 2.39. The first-order chi connectivity index (χ1) is 12.0. The quantitative estimate of drug-likeness (QED) is 0.887. The van der Waals surface area contributed by atoms with E-state index in [4.69, 9.17) is 5.73 Å². The van der Waals surface area contributed by atoms with Gasteiger partial charge < -0.3 is 10.6 Å². The molecule has 25 heavy (non-hydrogen) atoms. The molecule has 0 aliphatic heterocycles. The largest absolute Gasteiger partial charge is 0.366 e. The molecule has 6 nitrogen and oxygen atoms in total. The maximum atomic E-state index is 14.4. The molecule has 2 amide bonds. The number of amides is 2. The number of carbonyl (C=O) groups is 2. The minimum absolute atomic E-state index is 0.00473. The average molecular weight is 342 g/mol. The van der Waals surface area contributed by atoms with Crippen LogP contribution in [0.1, 0.15) is 51.2 Å². The minimum Gasteiger partial charge on any atom is -0.366 e. The first-order valence-corrected chi connectivity index (χ1v) is 8.47. The number of rotatable bonds is 4. The van der Waals surface area contributed by atoms with Crippen molar-refractivity contribution in [2.45, 2.75) is 44.2 Å². The van der Waals surface area contributed by atoms with Gasteiger partial charge in [-0.05, 0) is 55.9 Å². The summed E-state index contributed by atoms with van der Waals surface area (Å²) in [6, 6.07) is 4.01. The molecule has 2 aliphatic carbocycles. The Labute approximate surface area is 144 Å². The first-order valence-electron chi connectivity index (χ1n) is 8.47. The van der Waals surface area contributed by atoms with Crippen molar-refractivity contribution in [3.63, 3.8) is 0 Å². The molecule has 0 bridgehead atoms. The summed E-state index contributed by atoms with van der Waals surface area (Å²) in [7, 11) is 0. The van der Waals surface area contributed by atoms with Crippen molar-refractivity contribution in [2.75, 3.05) is 0 Å². The average Bonchev–Trinajstić information content (AvgIpc) is 3.30. The van der Waals surface area contributed by atoms with E-state index in [0.717, 1.165) is 49.4 Å². The van der Waals surface area contributed by atoms with Gasteiger partial charge in [-0.25, -0.2) is 4.39 Å². The van der Waals surface area contributed by atoms with Crippen molar-refractivity contribution >= 4 is 11.8 Å². The molecule has 4 rings (SSSR count). The topological polar surface area (TPSA) is 92.1 Å². The smallest absolute Gasteiger partial charge is 0.257 e. The number of aromatic amines is 1. The highest BCUT2D eigenvalue weighted by Crippen LogP contribution is 2.34. The predicted molar refractivity (Wildman–Crippen MR) is 88.5 cm³/mol. The Hall–Kier alpha value is -2.70. The summed E-state index contributed by atoms with van der Waals surface area (Å²) < 4.78 is 14.4. The van der Waals surface area contributed by atoms with Gasteiger partial charge in [0.2, 0.25) is 5.91 Å². The van der Waals surface area contributed by atoms with Gasteiger partial charge in [0.05, 0.1) is 11.8 Å². The minimum atomic E-state index is -0.711. The zero-order chi connectivity index (χ0) is 17.6. The molecular weight excluding hydrogens is 323 g/mol. The number of carbonyl (C=O) groups excluding carboxylic acids is 2. The monoisotopic (exact) mass is 342 g/mol. The molecule has 2 aromatic rings. The van der Waals surface area contributed by atoms with Crippen molar-refractivity contribution < 1.29 is 14.0 Å². The second-order valence-corrected chi connectivity index (χ2v) is 6.77. The highest BCUT2D eigenvalue weighted by molar-refractivity contribution is 5.98. The number of primary amides is 1. The van der Waals surface area contributed by atoms with Gasteiger partial charge in [0, 0.05) is 23.3 Å². The molecule has 1 atom stereocenters. The summed E-state index contributed by atoms with van der Waals surface area (Å²) in [4.78, 5) is 26.0. The van der Waals surface area contributed by atoms with Crippen molar-refractivity contribution in [2.24, 2.45) is 5.73 Å². The Morgan fingerprint density at radius 2 is 2.04 bits per heavy atom. The number of aryl methyl sites for hydroxylation is 1. The van der Waals surface area contributed by atoms with Crippen molar-refractivity contribution in [3.05, 3.63) is 52.6 Å². The van der Waals surface area contributed by atoms with Crippen LogP contribution in [0.4, 0.5) is 4.39 Å². The Balaban J connectivity index is 1.61. The van der Waals surface area contributed by atoms with Gasteiger partial charge in [-0.15, -0.1) is 0 Å². The van der Waals surface area contributed by atoms with Gasteiger partial charge in [0.1, 0.15) is 5.82 Å². The third kappa shape index (κ3) is 2.90. The standard InChI is InChI=1S/C18H19FN4O2/c19-15-8-10(17(20)24)1-5-14(15)18(25)23(12-2-3-12)13-4-6-16-11(7-13)9-21-22-16/h1,5,8-9,12-13H,2-4,6-7H2,(H2,20,24)(H,21,22). The second-order valence-electron chi connectivity index (χ2n) is 6.77. The number of hydrogen-bond acceptors (Lipinski definition) is 3. The van der Waals surface area contributed by atoms with Gasteiger partial charge in [0.25, 0.3) is 5.91 Å². The lowest BCUT2D eigenvalue weighted by molar-refractivity contribution is 0.0637. The van der Waals surface area contributed by atoms with Crippen LogP contribution < -0.4 is 5.73 Å². The fraction of sp³-hybridized carbons (Fsp3) is 0.389. The van der Waals surface area contributed by atoms with E-state index >= 15 is 0 Å². The Kier molecular flexibility index (Phi) is 3.78. The summed E-state index contributed by atoms with van der Waals surface area (Å²) in [5, 5.41) is 7.06. The van der Waals surface area contributed by atoms with E-state index in [2.05, 4.69) is 10.2 Å². The molecule has 0 radical (unpaired) electrons. The van der Waals surface area contributed by atoms with E-state index in [9.17, 15) is 14.0 Å². The molecule has 1 aromatic carbocycles. The Morgan fingerprint density at radius 3 is 2.72 bits per heavy atom. The molecule has 0 saturated heterocycles. The number of nitrogens with two attached hydrogens (primary N) is 1. The summed E-state index contributed by atoms with van der Waals surface area (Å²) in [5.74, 6) is -1.73. The number of nitrogens with zero attached hydrogens (tertiary/aromatic N) is 2. The highest BCUT2D eigenvalue weighted by atomic mass is 19.1. The third-order valence-electron chi connectivity index (χ3n) is 5.04. The van der Waals surface area contributed by atoms with Gasteiger partial charge >= 0.3 is 0 Å². The molecule has 1 fully saturated rings. The molecule has 7 heteroatoms. The lowest BCUT2D eigenvalue weighted by atomic mass is 9.91. The van der Waals surface area contributed by atoms with Gasteiger partial charge in [-0.1, -0.05) is 0 Å². The summed E-state index contributed by atoms with van der Waals surface area (Å²) in [6.45, 7) is 0. The maximum absolute atomic E-state index is 14.4. The number of halogens is 1. The Bertz CT molecular complexity index is 843. The van der Waals surface area contributed by atoms with Crippen molar-refractivity contribution in [3.8, 4) is 0 Å². The van der Waals surface area contributed by atoms with Crippen LogP contribution >= 0.6 is 0 Å². The second kappa shape index (κ2) is 5.98. The predicted octanol–water partition coefficient (Wildman–Crippen LogP) is 1.81. The number of hydrogen-bond donors (Lipinski definition) is 2. The number of fused-ring (bicyclic) bond motifs is 1. The molecule has 0 spiro atoms. The van der Waals surface area contributed by atoms with Crippen LogP contribution in [0.5, 0.6) is 0 Å². The Morgan fingerprint density at radius 1 is 1.24 bits per heavy atom. The number of H-pyrrole nitrogens is 1. The number of nitrogens with one attached hydrogen (secondary N) is 1. The van der Waals surface area contributed by atoms with E-state index in [1.165, 1.54) is 12.1 Å². The molecule has 1 aromatic heterocycles. The zero-order valence-corrected chi connectivity index (χ0v) is 13.7.